The molecule has 0 aliphatic carbocycles. The van der Waals surface area contributed by atoms with Crippen LogP contribution < -0.4 is 19.5 Å². The summed E-state index contributed by atoms with van der Waals surface area (Å²) in [5.41, 5.74) is 0.993. The van der Waals surface area contributed by atoms with Gasteiger partial charge in [-0.05, 0) is 36.8 Å². The molecule has 0 fully saturated rings. The van der Waals surface area contributed by atoms with Gasteiger partial charge in [-0.1, -0.05) is 29.8 Å². The lowest BCUT2D eigenvalue weighted by Crippen LogP contribution is -2.45. The second-order valence-electron chi connectivity index (χ2n) is 5.41. The molecule has 24 heavy (non-hydrogen) atoms. The molecule has 0 spiro atoms. The van der Waals surface area contributed by atoms with E-state index in [-0.39, 0.29) is 12.5 Å². The van der Waals surface area contributed by atoms with Crippen molar-refractivity contribution in [2.24, 2.45) is 0 Å². The summed E-state index contributed by atoms with van der Waals surface area (Å²) in [5.74, 6) is 1.68. The zero-order valence-electron chi connectivity index (χ0n) is 13.3. The number of ether oxygens (including phenoxy) is 3. The van der Waals surface area contributed by atoms with Crippen molar-refractivity contribution >= 4 is 17.5 Å². The molecule has 1 amide bonds. The van der Waals surface area contributed by atoms with E-state index in [0.29, 0.717) is 35.4 Å². The zero-order chi connectivity index (χ0) is 16.9. The Labute approximate surface area is 145 Å². The van der Waals surface area contributed by atoms with E-state index in [1.807, 2.05) is 37.3 Å². The largest absolute Gasteiger partial charge is 0.492 e. The first-order valence-corrected chi connectivity index (χ1v) is 8.06. The third-order valence-electron chi connectivity index (χ3n) is 3.61. The lowest BCUT2D eigenvalue weighted by molar-refractivity contribution is -0.130. The van der Waals surface area contributed by atoms with Gasteiger partial charge in [-0.25, -0.2) is 0 Å². The van der Waals surface area contributed by atoms with Crippen molar-refractivity contribution in [1.29, 1.82) is 0 Å². The minimum atomic E-state index is -0.659. The maximum Gasteiger partial charge on any atom is 0.264 e. The molecule has 1 atom stereocenters. The van der Waals surface area contributed by atoms with Crippen molar-refractivity contribution in [3.05, 3.63) is 53.1 Å². The normalized spacial score (nSPS) is 15.7. The molecule has 2 aromatic carbocycles. The van der Waals surface area contributed by atoms with Gasteiger partial charge in [0.15, 0.2) is 11.5 Å². The van der Waals surface area contributed by atoms with E-state index < -0.39 is 6.10 Å². The summed E-state index contributed by atoms with van der Waals surface area (Å²) in [6.07, 6.45) is -0.659. The molecule has 0 aromatic heterocycles. The van der Waals surface area contributed by atoms with E-state index in [2.05, 4.69) is 5.32 Å². The standard InChI is InChI=1S/C18H18ClNO4/c1-12-6-7-13(10-14(12)19)22-9-8-20-18(21)17-11-23-15-4-2-3-5-16(15)24-17/h2-7,10,17H,8-9,11H2,1H3,(H,20,21). The molecule has 1 heterocycles. The third-order valence-corrected chi connectivity index (χ3v) is 4.02. The monoisotopic (exact) mass is 347 g/mol. The molecule has 0 saturated carbocycles. The molecule has 0 radical (unpaired) electrons. The number of para-hydroxylation sites is 2. The molecular weight excluding hydrogens is 330 g/mol. The van der Waals surface area contributed by atoms with Gasteiger partial charge in [0, 0.05) is 5.02 Å². The van der Waals surface area contributed by atoms with E-state index >= 15 is 0 Å². The molecule has 1 unspecified atom stereocenters. The molecule has 0 saturated heterocycles. The van der Waals surface area contributed by atoms with Crippen LogP contribution in [0.3, 0.4) is 0 Å². The highest BCUT2D eigenvalue weighted by Crippen LogP contribution is 2.30. The van der Waals surface area contributed by atoms with E-state index in [4.69, 9.17) is 25.8 Å². The summed E-state index contributed by atoms with van der Waals surface area (Å²) >= 11 is 6.04. The van der Waals surface area contributed by atoms with Crippen LogP contribution in [0.5, 0.6) is 17.2 Å². The average molecular weight is 348 g/mol. The van der Waals surface area contributed by atoms with Gasteiger partial charge in [-0.2, -0.15) is 0 Å². The Bertz CT molecular complexity index is 735. The van der Waals surface area contributed by atoms with Crippen LogP contribution >= 0.6 is 11.6 Å². The Morgan fingerprint density at radius 2 is 2.08 bits per heavy atom. The fourth-order valence-corrected chi connectivity index (χ4v) is 2.44. The van der Waals surface area contributed by atoms with Crippen molar-refractivity contribution in [2.45, 2.75) is 13.0 Å². The van der Waals surface area contributed by atoms with Crippen LogP contribution in [0.4, 0.5) is 0 Å². The van der Waals surface area contributed by atoms with Gasteiger partial charge in [0.05, 0.1) is 6.54 Å². The number of benzene rings is 2. The van der Waals surface area contributed by atoms with Gasteiger partial charge in [0.25, 0.3) is 5.91 Å². The molecule has 1 aliphatic rings. The molecule has 6 heteroatoms. The van der Waals surface area contributed by atoms with E-state index in [1.165, 1.54) is 0 Å². The van der Waals surface area contributed by atoms with Gasteiger partial charge < -0.3 is 19.5 Å². The quantitative estimate of drug-likeness (QED) is 0.845. The lowest BCUT2D eigenvalue weighted by Gasteiger charge is -2.25. The first-order chi connectivity index (χ1) is 11.6. The smallest absolute Gasteiger partial charge is 0.264 e. The number of rotatable bonds is 5. The van der Waals surface area contributed by atoms with Crippen LogP contribution in [0.1, 0.15) is 5.56 Å². The second-order valence-corrected chi connectivity index (χ2v) is 5.82. The highest BCUT2D eigenvalue weighted by molar-refractivity contribution is 6.31. The maximum atomic E-state index is 12.1. The van der Waals surface area contributed by atoms with Crippen LogP contribution in [-0.2, 0) is 4.79 Å². The molecule has 5 nitrogen and oxygen atoms in total. The van der Waals surface area contributed by atoms with E-state index in [9.17, 15) is 4.79 Å². The lowest BCUT2D eigenvalue weighted by atomic mass is 10.2. The zero-order valence-corrected chi connectivity index (χ0v) is 14.0. The van der Waals surface area contributed by atoms with Crippen molar-refractivity contribution in [1.82, 2.24) is 5.32 Å². The fraction of sp³-hybridized carbons (Fsp3) is 0.278. The molecule has 1 N–H and O–H groups in total. The summed E-state index contributed by atoms with van der Waals surface area (Å²) in [5, 5.41) is 3.43. The Morgan fingerprint density at radius 3 is 2.88 bits per heavy atom. The van der Waals surface area contributed by atoms with Gasteiger partial charge >= 0.3 is 0 Å². The minimum Gasteiger partial charge on any atom is -0.492 e. The van der Waals surface area contributed by atoms with Crippen LogP contribution in [0.25, 0.3) is 0 Å². The highest BCUT2D eigenvalue weighted by atomic mass is 35.5. The number of amides is 1. The summed E-state index contributed by atoms with van der Waals surface area (Å²) < 4.78 is 16.7. The van der Waals surface area contributed by atoms with Crippen molar-refractivity contribution in [3.8, 4) is 17.2 Å². The van der Waals surface area contributed by atoms with Crippen molar-refractivity contribution in [3.63, 3.8) is 0 Å². The number of aryl methyl sites for hydroxylation is 1. The average Bonchev–Trinajstić information content (AvgIpc) is 2.61. The number of carbonyl (C=O) groups excluding carboxylic acids is 1. The Morgan fingerprint density at radius 1 is 1.29 bits per heavy atom. The first kappa shape index (κ1) is 16.5. The number of hydrogen-bond donors (Lipinski definition) is 1. The van der Waals surface area contributed by atoms with Crippen LogP contribution in [0, 0.1) is 6.92 Å². The number of halogens is 1. The molecule has 126 valence electrons. The maximum absolute atomic E-state index is 12.1. The van der Waals surface area contributed by atoms with Crippen LogP contribution in [-0.4, -0.2) is 31.8 Å². The SMILES string of the molecule is Cc1ccc(OCCNC(=O)C2COc3ccccc3O2)cc1Cl. The molecular formula is C18H18ClNO4. The molecule has 1 aliphatic heterocycles. The number of fused-ring (bicyclic) bond motifs is 1. The van der Waals surface area contributed by atoms with Gasteiger partial charge in [0.1, 0.15) is 19.0 Å². The first-order valence-electron chi connectivity index (χ1n) is 7.68. The van der Waals surface area contributed by atoms with E-state index in [0.717, 1.165) is 5.56 Å². The topological polar surface area (TPSA) is 56.8 Å². The summed E-state index contributed by atoms with van der Waals surface area (Å²) in [4.78, 5) is 12.1. The van der Waals surface area contributed by atoms with Gasteiger partial charge in [-0.15, -0.1) is 0 Å². The highest BCUT2D eigenvalue weighted by Gasteiger charge is 2.26. The third kappa shape index (κ3) is 3.92. The minimum absolute atomic E-state index is 0.192. The van der Waals surface area contributed by atoms with Gasteiger partial charge in [0.2, 0.25) is 6.10 Å². The number of hydrogen-bond acceptors (Lipinski definition) is 4. The summed E-state index contributed by atoms with van der Waals surface area (Å²) in [6.45, 7) is 2.83. The molecule has 3 rings (SSSR count). The van der Waals surface area contributed by atoms with Crippen LogP contribution in [0.15, 0.2) is 42.5 Å². The van der Waals surface area contributed by atoms with E-state index in [1.54, 1.807) is 12.1 Å². The molecule has 2 aromatic rings. The number of carbonyl (C=O) groups is 1. The second kappa shape index (κ2) is 7.45. The van der Waals surface area contributed by atoms with Gasteiger partial charge in [-0.3, -0.25) is 4.79 Å². The Hall–Kier alpha value is -2.40. The fourth-order valence-electron chi connectivity index (χ4n) is 2.27. The van der Waals surface area contributed by atoms with Crippen LogP contribution in [0.2, 0.25) is 5.02 Å². The Kier molecular flexibility index (Phi) is 5.11. The predicted molar refractivity (Wildman–Crippen MR) is 91.0 cm³/mol. The predicted octanol–water partition coefficient (Wildman–Crippen LogP) is 2.98. The Balaban J connectivity index is 1.44. The summed E-state index contributed by atoms with van der Waals surface area (Å²) in [7, 11) is 0. The molecule has 0 bridgehead atoms. The van der Waals surface area contributed by atoms with Crippen molar-refractivity contribution in [2.75, 3.05) is 19.8 Å². The summed E-state index contributed by atoms with van der Waals surface area (Å²) in [6, 6.07) is 12.8. The van der Waals surface area contributed by atoms with Crippen molar-refractivity contribution < 1.29 is 19.0 Å². The number of nitrogens with one attached hydrogen (secondary N) is 1.